The number of carbonyl (C=O) groups is 2. The Morgan fingerprint density at radius 3 is 1.96 bits per heavy atom. The Kier molecular flexibility index (Phi) is 5.89. The van der Waals surface area contributed by atoms with Crippen LogP contribution in [0.2, 0.25) is 0 Å². The maximum absolute atomic E-state index is 11.7. The second-order valence-electron chi connectivity index (χ2n) is 5.68. The lowest BCUT2D eigenvalue weighted by atomic mass is 9.92. The summed E-state index contributed by atoms with van der Waals surface area (Å²) in [4.78, 5) is 23.0. The largest absolute Gasteiger partial charge is 0.469 e. The molecule has 5 N–H and O–H groups in total. The van der Waals surface area contributed by atoms with Crippen molar-refractivity contribution >= 4 is 17.7 Å². The number of nitrogen functional groups attached to an aromatic ring is 1. The first-order chi connectivity index (χ1) is 11.9. The summed E-state index contributed by atoms with van der Waals surface area (Å²) in [6.45, 7) is 0. The summed E-state index contributed by atoms with van der Waals surface area (Å²) in [5.74, 6) is -1.35. The molecule has 0 aliphatic heterocycles. The maximum Gasteiger partial charge on any atom is 0.305 e. The van der Waals surface area contributed by atoms with E-state index < -0.39 is 11.8 Å². The van der Waals surface area contributed by atoms with Gasteiger partial charge in [-0.1, -0.05) is 48.5 Å². The number of amides is 1. The summed E-state index contributed by atoms with van der Waals surface area (Å²) in [6, 6.07) is 14.8. The zero-order valence-electron chi connectivity index (χ0n) is 14.0. The molecular formula is C19H21N3O3. The Labute approximate surface area is 146 Å². The Morgan fingerprint density at radius 2 is 1.52 bits per heavy atom. The summed E-state index contributed by atoms with van der Waals surface area (Å²) in [6.07, 6.45) is 0.451. The van der Waals surface area contributed by atoms with Crippen molar-refractivity contribution < 1.29 is 14.3 Å². The van der Waals surface area contributed by atoms with E-state index in [1.165, 1.54) is 7.11 Å². The molecule has 2 aromatic carbocycles. The molecule has 0 radical (unpaired) electrons. The number of benzene rings is 2. The topological polar surface area (TPSA) is 119 Å². The fourth-order valence-electron chi connectivity index (χ4n) is 2.59. The highest BCUT2D eigenvalue weighted by Gasteiger charge is 2.19. The molecule has 0 aliphatic carbocycles. The minimum Gasteiger partial charge on any atom is -0.469 e. The highest BCUT2D eigenvalue weighted by atomic mass is 16.5. The number of ether oxygens (including phenoxy) is 1. The normalized spacial score (nSPS) is 11.6. The van der Waals surface area contributed by atoms with Crippen LogP contribution in [0.3, 0.4) is 0 Å². The van der Waals surface area contributed by atoms with E-state index in [4.69, 9.17) is 16.9 Å². The molecule has 0 heterocycles. The number of esters is 1. The van der Waals surface area contributed by atoms with Crippen molar-refractivity contribution in [3.63, 3.8) is 0 Å². The van der Waals surface area contributed by atoms with Crippen LogP contribution in [0.4, 0.5) is 0 Å². The molecule has 1 amide bonds. The van der Waals surface area contributed by atoms with E-state index in [-0.39, 0.29) is 18.2 Å². The van der Waals surface area contributed by atoms with Crippen LogP contribution >= 0.6 is 0 Å². The van der Waals surface area contributed by atoms with E-state index >= 15 is 0 Å². The van der Waals surface area contributed by atoms with Gasteiger partial charge in [0, 0.05) is 12.0 Å². The Morgan fingerprint density at radius 1 is 1.00 bits per heavy atom. The number of hydrogen-bond donors (Lipinski definition) is 3. The van der Waals surface area contributed by atoms with Crippen LogP contribution in [-0.2, 0) is 14.3 Å². The average molecular weight is 339 g/mol. The zero-order chi connectivity index (χ0) is 18.4. The standard InChI is InChI=1S/C19H21N3O3/c1-25-17(23)11-10-16(19(22)24)14-6-2-12(3-7-14)13-4-8-15(9-5-13)18(20)21/h2-9,16H,10-11H2,1H3,(H3,20,21)(H2,22,24). The van der Waals surface area contributed by atoms with Crippen molar-refractivity contribution in [2.75, 3.05) is 7.11 Å². The number of hydrogen-bond acceptors (Lipinski definition) is 4. The molecule has 2 aromatic rings. The highest BCUT2D eigenvalue weighted by Crippen LogP contribution is 2.26. The van der Waals surface area contributed by atoms with E-state index in [0.29, 0.717) is 12.0 Å². The highest BCUT2D eigenvalue weighted by molar-refractivity contribution is 5.95. The average Bonchev–Trinajstić information content (AvgIpc) is 2.62. The molecule has 0 saturated carbocycles. The monoisotopic (exact) mass is 339 g/mol. The second-order valence-corrected chi connectivity index (χ2v) is 5.68. The van der Waals surface area contributed by atoms with Gasteiger partial charge < -0.3 is 16.2 Å². The van der Waals surface area contributed by atoms with Gasteiger partial charge in [-0.15, -0.1) is 0 Å². The van der Waals surface area contributed by atoms with Gasteiger partial charge in [0.2, 0.25) is 5.91 Å². The first kappa shape index (κ1) is 18.2. The van der Waals surface area contributed by atoms with Crippen molar-refractivity contribution in [3.05, 3.63) is 59.7 Å². The molecule has 0 saturated heterocycles. The second kappa shape index (κ2) is 8.10. The van der Waals surface area contributed by atoms with Crippen molar-refractivity contribution in [2.24, 2.45) is 11.5 Å². The zero-order valence-corrected chi connectivity index (χ0v) is 14.0. The number of nitrogens with two attached hydrogens (primary N) is 2. The third-order valence-corrected chi connectivity index (χ3v) is 4.05. The van der Waals surface area contributed by atoms with E-state index in [0.717, 1.165) is 16.7 Å². The molecule has 0 fully saturated rings. The van der Waals surface area contributed by atoms with Gasteiger partial charge in [0.05, 0.1) is 13.0 Å². The summed E-state index contributed by atoms with van der Waals surface area (Å²) in [5.41, 5.74) is 14.3. The lowest BCUT2D eigenvalue weighted by molar-refractivity contribution is -0.140. The summed E-state index contributed by atoms with van der Waals surface area (Å²) in [7, 11) is 1.31. The van der Waals surface area contributed by atoms with Gasteiger partial charge in [-0.05, 0) is 23.1 Å². The predicted molar refractivity (Wildman–Crippen MR) is 96.1 cm³/mol. The fourth-order valence-corrected chi connectivity index (χ4v) is 2.59. The molecule has 0 bridgehead atoms. The smallest absolute Gasteiger partial charge is 0.305 e. The van der Waals surface area contributed by atoms with Gasteiger partial charge in [0.25, 0.3) is 0 Å². The fraction of sp³-hybridized carbons (Fsp3) is 0.211. The number of nitrogens with one attached hydrogen (secondary N) is 1. The quantitative estimate of drug-likeness (QED) is 0.407. The van der Waals surface area contributed by atoms with E-state index in [2.05, 4.69) is 4.74 Å². The van der Waals surface area contributed by atoms with Gasteiger partial charge in [-0.2, -0.15) is 0 Å². The van der Waals surface area contributed by atoms with Crippen LogP contribution in [0.5, 0.6) is 0 Å². The third kappa shape index (κ3) is 4.67. The summed E-state index contributed by atoms with van der Waals surface area (Å²) in [5, 5.41) is 7.41. The van der Waals surface area contributed by atoms with E-state index in [1.54, 1.807) is 12.1 Å². The van der Waals surface area contributed by atoms with Crippen LogP contribution in [0.1, 0.15) is 29.9 Å². The number of methoxy groups -OCH3 is 1. The van der Waals surface area contributed by atoms with E-state index in [1.807, 2.05) is 36.4 Å². The number of rotatable bonds is 7. The molecule has 0 aromatic heterocycles. The van der Waals surface area contributed by atoms with E-state index in [9.17, 15) is 9.59 Å². The summed E-state index contributed by atoms with van der Waals surface area (Å²) < 4.78 is 4.60. The van der Waals surface area contributed by atoms with Crippen LogP contribution < -0.4 is 11.5 Å². The first-order valence-electron chi connectivity index (χ1n) is 7.83. The maximum atomic E-state index is 11.7. The Balaban J connectivity index is 2.17. The van der Waals surface area contributed by atoms with Crippen molar-refractivity contribution in [1.29, 1.82) is 5.41 Å². The van der Waals surface area contributed by atoms with Crippen molar-refractivity contribution in [1.82, 2.24) is 0 Å². The Hall–Kier alpha value is -3.15. The SMILES string of the molecule is COC(=O)CCC(C(N)=O)c1ccc(-c2ccc(C(=N)N)cc2)cc1. The third-order valence-electron chi connectivity index (χ3n) is 4.05. The molecule has 6 nitrogen and oxygen atoms in total. The molecule has 130 valence electrons. The minimum atomic E-state index is -0.534. The van der Waals surface area contributed by atoms with Crippen molar-refractivity contribution in [2.45, 2.75) is 18.8 Å². The molecule has 25 heavy (non-hydrogen) atoms. The molecule has 1 unspecified atom stereocenters. The summed E-state index contributed by atoms with van der Waals surface area (Å²) >= 11 is 0. The van der Waals surface area contributed by atoms with Gasteiger partial charge in [-0.3, -0.25) is 15.0 Å². The number of amidine groups is 1. The van der Waals surface area contributed by atoms with Gasteiger partial charge in [0.1, 0.15) is 5.84 Å². The molecule has 6 heteroatoms. The number of primary amides is 1. The molecule has 1 atom stereocenters. The van der Waals surface area contributed by atoms with Gasteiger partial charge in [-0.25, -0.2) is 0 Å². The lowest BCUT2D eigenvalue weighted by Gasteiger charge is -2.14. The predicted octanol–water partition coefficient (Wildman–Crippen LogP) is 2.16. The van der Waals surface area contributed by atoms with Crippen molar-refractivity contribution in [3.8, 4) is 11.1 Å². The van der Waals surface area contributed by atoms with Crippen LogP contribution in [0.25, 0.3) is 11.1 Å². The van der Waals surface area contributed by atoms with Crippen LogP contribution in [0, 0.1) is 5.41 Å². The number of carbonyl (C=O) groups excluding carboxylic acids is 2. The van der Waals surface area contributed by atoms with Gasteiger partial charge in [0.15, 0.2) is 0 Å². The molecular weight excluding hydrogens is 318 g/mol. The van der Waals surface area contributed by atoms with Gasteiger partial charge >= 0.3 is 5.97 Å². The lowest BCUT2D eigenvalue weighted by Crippen LogP contribution is -2.22. The minimum absolute atomic E-state index is 0.0248. The van der Waals surface area contributed by atoms with Crippen LogP contribution in [0.15, 0.2) is 48.5 Å². The first-order valence-corrected chi connectivity index (χ1v) is 7.83. The molecule has 0 aliphatic rings. The molecule has 0 spiro atoms. The van der Waals surface area contributed by atoms with Crippen LogP contribution in [-0.4, -0.2) is 24.8 Å². The molecule has 2 rings (SSSR count). The Bertz CT molecular complexity index is 768.